The molecule has 0 amide bonds. The van der Waals surface area contributed by atoms with Gasteiger partial charge in [0.15, 0.2) is 0 Å². The lowest BCUT2D eigenvalue weighted by atomic mass is 10.1. The zero-order valence-corrected chi connectivity index (χ0v) is 14.0. The third-order valence-corrected chi connectivity index (χ3v) is 4.65. The first-order valence-electron chi connectivity index (χ1n) is 8.77. The van der Waals surface area contributed by atoms with Crippen LogP contribution < -0.4 is 11.5 Å². The van der Waals surface area contributed by atoms with E-state index in [0.29, 0.717) is 0 Å². The minimum atomic E-state index is 0.804. The van der Waals surface area contributed by atoms with Crippen LogP contribution in [0.25, 0.3) is 21.8 Å². The molecule has 1 heterocycles. The van der Waals surface area contributed by atoms with Gasteiger partial charge in [-0.15, -0.1) is 0 Å². The first kappa shape index (κ1) is 15.7. The average Bonchev–Trinajstić information content (AvgIpc) is 2.83. The van der Waals surface area contributed by atoms with Gasteiger partial charge in [0.05, 0.1) is 0 Å². The standard InChI is InChI=1S/C20H27N3/c1-2-3-4-5-6-7-12-23-19-10-8-15(21)13-17(19)18-14-16(22)9-11-20(18)23/h8-11,13-14H,2-7,12,21-22H2,1H3. The number of hydrogen-bond acceptors (Lipinski definition) is 2. The van der Waals surface area contributed by atoms with Crippen molar-refractivity contribution in [3.63, 3.8) is 0 Å². The molecule has 0 fully saturated rings. The molecular formula is C20H27N3. The lowest BCUT2D eigenvalue weighted by Crippen LogP contribution is -1.98. The van der Waals surface area contributed by atoms with Crippen molar-refractivity contribution in [2.45, 2.75) is 52.0 Å². The van der Waals surface area contributed by atoms with E-state index < -0.39 is 0 Å². The zero-order valence-electron chi connectivity index (χ0n) is 14.0. The molecule has 0 aliphatic carbocycles. The van der Waals surface area contributed by atoms with Crippen LogP contribution in [-0.4, -0.2) is 4.57 Å². The Bertz CT molecular complexity index is 742. The summed E-state index contributed by atoms with van der Waals surface area (Å²) in [7, 11) is 0. The van der Waals surface area contributed by atoms with E-state index in [1.54, 1.807) is 0 Å². The number of nitrogen functional groups attached to an aromatic ring is 2. The van der Waals surface area contributed by atoms with Gasteiger partial charge in [-0.1, -0.05) is 39.0 Å². The molecular weight excluding hydrogens is 282 g/mol. The maximum absolute atomic E-state index is 5.99. The highest BCUT2D eigenvalue weighted by atomic mass is 15.0. The van der Waals surface area contributed by atoms with Crippen LogP contribution in [-0.2, 0) is 6.54 Å². The first-order valence-corrected chi connectivity index (χ1v) is 8.77. The molecule has 0 aliphatic heterocycles. The summed E-state index contributed by atoms with van der Waals surface area (Å²) >= 11 is 0. The molecule has 122 valence electrons. The smallest absolute Gasteiger partial charge is 0.0492 e. The molecule has 23 heavy (non-hydrogen) atoms. The molecule has 1 aromatic heterocycles. The Morgan fingerprint density at radius 2 is 1.26 bits per heavy atom. The van der Waals surface area contributed by atoms with Gasteiger partial charge in [-0.25, -0.2) is 0 Å². The van der Waals surface area contributed by atoms with Gasteiger partial charge >= 0.3 is 0 Å². The van der Waals surface area contributed by atoms with E-state index in [1.807, 2.05) is 12.1 Å². The molecule has 4 N–H and O–H groups in total. The Labute approximate surface area is 138 Å². The summed E-state index contributed by atoms with van der Waals surface area (Å²) in [6, 6.07) is 12.4. The first-order chi connectivity index (χ1) is 11.2. The fourth-order valence-corrected chi connectivity index (χ4v) is 3.43. The highest BCUT2D eigenvalue weighted by Gasteiger charge is 2.10. The Kier molecular flexibility index (Phi) is 4.75. The minimum Gasteiger partial charge on any atom is -0.399 e. The number of anilines is 2. The van der Waals surface area contributed by atoms with Gasteiger partial charge in [0.25, 0.3) is 0 Å². The van der Waals surface area contributed by atoms with Crippen molar-refractivity contribution in [2.24, 2.45) is 0 Å². The lowest BCUT2D eigenvalue weighted by molar-refractivity contribution is 0.571. The monoisotopic (exact) mass is 309 g/mol. The van der Waals surface area contributed by atoms with Gasteiger partial charge in [0.2, 0.25) is 0 Å². The predicted molar refractivity (Wildman–Crippen MR) is 102 cm³/mol. The van der Waals surface area contributed by atoms with Crippen LogP contribution in [0.2, 0.25) is 0 Å². The summed E-state index contributed by atoms with van der Waals surface area (Å²) in [6.07, 6.45) is 7.87. The summed E-state index contributed by atoms with van der Waals surface area (Å²) in [5, 5.41) is 2.41. The minimum absolute atomic E-state index is 0.804. The third kappa shape index (κ3) is 3.29. The molecule has 0 spiro atoms. The molecule has 3 heteroatoms. The van der Waals surface area contributed by atoms with Crippen molar-refractivity contribution in [1.29, 1.82) is 0 Å². The molecule has 0 saturated heterocycles. The number of benzene rings is 2. The second kappa shape index (κ2) is 6.95. The number of nitrogens with zero attached hydrogens (tertiary/aromatic N) is 1. The second-order valence-electron chi connectivity index (χ2n) is 6.47. The highest BCUT2D eigenvalue weighted by molar-refractivity contribution is 6.09. The average molecular weight is 309 g/mol. The summed E-state index contributed by atoms with van der Waals surface area (Å²) in [5.41, 5.74) is 16.1. The fourth-order valence-electron chi connectivity index (χ4n) is 3.43. The third-order valence-electron chi connectivity index (χ3n) is 4.65. The van der Waals surface area contributed by atoms with Crippen molar-refractivity contribution >= 4 is 33.2 Å². The van der Waals surface area contributed by atoms with Crippen molar-refractivity contribution < 1.29 is 0 Å². The number of hydrogen-bond donors (Lipinski definition) is 2. The Morgan fingerprint density at radius 1 is 0.739 bits per heavy atom. The highest BCUT2D eigenvalue weighted by Crippen LogP contribution is 2.32. The summed E-state index contributed by atoms with van der Waals surface area (Å²) in [5.74, 6) is 0. The number of fused-ring (bicyclic) bond motifs is 3. The van der Waals surface area contributed by atoms with Gasteiger partial charge in [-0.05, 0) is 42.8 Å². The fraction of sp³-hybridized carbons (Fsp3) is 0.400. The van der Waals surface area contributed by atoms with E-state index in [2.05, 4.69) is 35.8 Å². The Balaban J connectivity index is 1.88. The Hall–Kier alpha value is -2.16. The number of aromatic nitrogens is 1. The van der Waals surface area contributed by atoms with Crippen LogP contribution in [0.1, 0.15) is 45.4 Å². The van der Waals surface area contributed by atoms with Crippen molar-refractivity contribution in [1.82, 2.24) is 4.57 Å². The van der Waals surface area contributed by atoms with Crippen LogP contribution in [0.4, 0.5) is 11.4 Å². The van der Waals surface area contributed by atoms with Gasteiger partial charge in [0.1, 0.15) is 0 Å². The van der Waals surface area contributed by atoms with Crippen LogP contribution in [0.3, 0.4) is 0 Å². The molecule has 0 radical (unpaired) electrons. The van der Waals surface area contributed by atoms with Crippen LogP contribution in [0, 0.1) is 0 Å². The summed E-state index contributed by atoms with van der Waals surface area (Å²) in [4.78, 5) is 0. The van der Waals surface area contributed by atoms with Crippen LogP contribution >= 0.6 is 0 Å². The summed E-state index contributed by atoms with van der Waals surface area (Å²) in [6.45, 7) is 3.31. The number of nitrogens with two attached hydrogens (primary N) is 2. The molecule has 3 aromatic rings. The van der Waals surface area contributed by atoms with Crippen molar-refractivity contribution in [2.75, 3.05) is 11.5 Å². The molecule has 0 aliphatic rings. The van der Waals surface area contributed by atoms with Gasteiger partial charge < -0.3 is 16.0 Å². The van der Waals surface area contributed by atoms with Gasteiger partial charge in [0, 0.05) is 39.7 Å². The predicted octanol–water partition coefficient (Wildman–Crippen LogP) is 5.32. The quantitative estimate of drug-likeness (QED) is 0.458. The normalized spacial score (nSPS) is 11.5. The zero-order chi connectivity index (χ0) is 16.2. The van der Waals surface area contributed by atoms with Crippen molar-refractivity contribution in [3.8, 4) is 0 Å². The van der Waals surface area contributed by atoms with Crippen LogP contribution in [0.15, 0.2) is 36.4 Å². The van der Waals surface area contributed by atoms with E-state index in [-0.39, 0.29) is 0 Å². The SMILES string of the molecule is CCCCCCCCn1c2ccc(N)cc2c2cc(N)ccc21. The maximum atomic E-state index is 5.99. The van der Waals surface area contributed by atoms with Gasteiger partial charge in [-0.2, -0.15) is 0 Å². The number of unbranched alkanes of at least 4 members (excludes halogenated alkanes) is 5. The largest absolute Gasteiger partial charge is 0.399 e. The van der Waals surface area contributed by atoms with E-state index in [0.717, 1.165) is 17.9 Å². The maximum Gasteiger partial charge on any atom is 0.0492 e. The van der Waals surface area contributed by atoms with Crippen LogP contribution in [0.5, 0.6) is 0 Å². The molecule has 3 nitrogen and oxygen atoms in total. The molecule has 0 unspecified atom stereocenters. The lowest BCUT2D eigenvalue weighted by Gasteiger charge is -2.08. The molecule has 0 saturated carbocycles. The summed E-state index contributed by atoms with van der Waals surface area (Å²) < 4.78 is 2.42. The van der Waals surface area contributed by atoms with E-state index in [1.165, 1.54) is 60.3 Å². The van der Waals surface area contributed by atoms with Crippen molar-refractivity contribution in [3.05, 3.63) is 36.4 Å². The number of rotatable bonds is 7. The Morgan fingerprint density at radius 3 is 1.83 bits per heavy atom. The molecule has 3 rings (SSSR count). The topological polar surface area (TPSA) is 57.0 Å². The second-order valence-corrected chi connectivity index (χ2v) is 6.47. The number of aryl methyl sites for hydroxylation is 1. The van der Waals surface area contributed by atoms with Gasteiger partial charge in [-0.3, -0.25) is 0 Å². The van der Waals surface area contributed by atoms with E-state index in [4.69, 9.17) is 11.5 Å². The van der Waals surface area contributed by atoms with E-state index in [9.17, 15) is 0 Å². The van der Waals surface area contributed by atoms with E-state index >= 15 is 0 Å². The molecule has 0 bridgehead atoms. The molecule has 0 atom stereocenters. The molecule has 2 aromatic carbocycles.